The van der Waals surface area contributed by atoms with E-state index in [1.54, 1.807) is 29.5 Å². The van der Waals surface area contributed by atoms with E-state index in [-0.39, 0.29) is 12.5 Å². The van der Waals surface area contributed by atoms with E-state index in [9.17, 15) is 9.90 Å². The third-order valence-corrected chi connectivity index (χ3v) is 3.26. The van der Waals surface area contributed by atoms with Gasteiger partial charge in [0.25, 0.3) is 5.91 Å². The van der Waals surface area contributed by atoms with Gasteiger partial charge >= 0.3 is 0 Å². The highest BCUT2D eigenvalue weighted by atomic mass is 16.3. The first-order chi connectivity index (χ1) is 9.73. The zero-order chi connectivity index (χ0) is 15.8. The summed E-state index contributed by atoms with van der Waals surface area (Å²) in [6, 6.07) is 1.92. The lowest BCUT2D eigenvalue weighted by Gasteiger charge is -2.27. The predicted octanol–water partition coefficient (Wildman–Crippen LogP) is 1.58. The molecule has 0 fully saturated rings. The van der Waals surface area contributed by atoms with Gasteiger partial charge in [-0.1, -0.05) is 0 Å². The topological polar surface area (TPSA) is 70.7 Å². The first-order valence-electron chi connectivity index (χ1n) is 7.06. The maximum absolute atomic E-state index is 12.7. The van der Waals surface area contributed by atoms with Gasteiger partial charge in [-0.05, 0) is 40.7 Å². The Hall–Kier alpha value is -1.95. The van der Waals surface area contributed by atoms with E-state index in [1.807, 2.05) is 26.8 Å². The van der Waals surface area contributed by atoms with Crippen LogP contribution in [0.25, 0.3) is 5.65 Å². The molecule has 6 nitrogen and oxygen atoms in total. The first-order valence-corrected chi connectivity index (χ1v) is 7.06. The molecule has 0 aliphatic heterocycles. The summed E-state index contributed by atoms with van der Waals surface area (Å²) in [4.78, 5) is 18.7. The van der Waals surface area contributed by atoms with Gasteiger partial charge in [-0.3, -0.25) is 4.79 Å². The Labute approximate surface area is 124 Å². The van der Waals surface area contributed by atoms with Crippen LogP contribution in [0.3, 0.4) is 0 Å². The molecular formula is C15H22N4O2. The van der Waals surface area contributed by atoms with Crippen LogP contribution in [0.1, 0.15) is 42.5 Å². The summed E-state index contributed by atoms with van der Waals surface area (Å²) >= 11 is 0. The number of amides is 1. The van der Waals surface area contributed by atoms with E-state index >= 15 is 0 Å². The smallest absolute Gasteiger partial charge is 0.259 e. The van der Waals surface area contributed by atoms with E-state index in [0.29, 0.717) is 17.8 Å². The van der Waals surface area contributed by atoms with Crippen LogP contribution in [0, 0.1) is 13.8 Å². The summed E-state index contributed by atoms with van der Waals surface area (Å²) in [5, 5.41) is 14.2. The maximum atomic E-state index is 12.7. The van der Waals surface area contributed by atoms with Crippen molar-refractivity contribution in [3.63, 3.8) is 0 Å². The van der Waals surface area contributed by atoms with Crippen molar-refractivity contribution in [1.29, 1.82) is 0 Å². The summed E-state index contributed by atoms with van der Waals surface area (Å²) in [5.41, 5.74) is 1.87. The number of hydrogen-bond acceptors (Lipinski definition) is 4. The van der Waals surface area contributed by atoms with Crippen LogP contribution in [-0.2, 0) is 0 Å². The van der Waals surface area contributed by atoms with E-state index in [1.165, 1.54) is 0 Å². The predicted molar refractivity (Wildman–Crippen MR) is 80.3 cm³/mol. The van der Waals surface area contributed by atoms with Gasteiger partial charge < -0.3 is 10.0 Å². The first kappa shape index (κ1) is 15.4. The molecular weight excluding hydrogens is 268 g/mol. The van der Waals surface area contributed by atoms with Crippen LogP contribution >= 0.6 is 0 Å². The molecule has 2 heterocycles. The summed E-state index contributed by atoms with van der Waals surface area (Å²) < 4.78 is 1.66. The van der Waals surface area contributed by atoms with Gasteiger partial charge in [0.05, 0.1) is 11.8 Å². The number of nitrogens with zero attached hydrogens (tertiary/aromatic N) is 4. The van der Waals surface area contributed by atoms with E-state index in [2.05, 4.69) is 10.1 Å². The molecule has 1 amide bonds. The maximum Gasteiger partial charge on any atom is 0.259 e. The Morgan fingerprint density at radius 2 is 2.10 bits per heavy atom. The number of fused-ring (bicyclic) bond motifs is 1. The molecule has 2 aromatic rings. The van der Waals surface area contributed by atoms with Gasteiger partial charge in [-0.25, -0.2) is 9.50 Å². The minimum absolute atomic E-state index is 0.160. The Bertz CT molecular complexity index is 670. The largest absolute Gasteiger partial charge is 0.389 e. The molecule has 114 valence electrons. The fourth-order valence-electron chi connectivity index (χ4n) is 2.39. The fraction of sp³-hybridized carbons (Fsp3) is 0.533. The quantitative estimate of drug-likeness (QED) is 0.928. The van der Waals surface area contributed by atoms with Crippen molar-refractivity contribution in [2.45, 2.75) is 40.2 Å². The van der Waals surface area contributed by atoms with Gasteiger partial charge in [-0.2, -0.15) is 5.10 Å². The lowest BCUT2D eigenvalue weighted by molar-refractivity contribution is 0.0315. The Kier molecular flexibility index (Phi) is 4.00. The summed E-state index contributed by atoms with van der Waals surface area (Å²) in [6.45, 7) is 9.87. The van der Waals surface area contributed by atoms with Gasteiger partial charge in [0.1, 0.15) is 5.56 Å². The fourth-order valence-corrected chi connectivity index (χ4v) is 2.39. The van der Waals surface area contributed by atoms with E-state index in [0.717, 1.165) is 11.4 Å². The highest BCUT2D eigenvalue weighted by molar-refractivity contribution is 5.99. The van der Waals surface area contributed by atoms with Crippen LogP contribution in [-0.4, -0.2) is 49.2 Å². The van der Waals surface area contributed by atoms with Crippen molar-refractivity contribution >= 4 is 11.6 Å². The molecule has 1 N–H and O–H groups in total. The van der Waals surface area contributed by atoms with Gasteiger partial charge in [0.2, 0.25) is 0 Å². The van der Waals surface area contributed by atoms with Crippen LogP contribution < -0.4 is 0 Å². The molecule has 6 heteroatoms. The number of rotatable bonds is 4. The number of aromatic nitrogens is 3. The van der Waals surface area contributed by atoms with Crippen LogP contribution in [0.4, 0.5) is 0 Å². The molecule has 2 rings (SSSR count). The molecule has 0 aliphatic carbocycles. The standard InChI is InChI=1S/C15H22N4O2/c1-6-18(9-15(4,5)21)14(20)12-8-16-19-11(3)7-10(2)17-13(12)19/h7-8,21H,6,9H2,1-5H3. The molecule has 0 aromatic carbocycles. The Balaban J connectivity index is 2.43. The van der Waals surface area contributed by atoms with Gasteiger partial charge in [0, 0.05) is 24.5 Å². The second-order valence-electron chi connectivity index (χ2n) is 5.96. The zero-order valence-electron chi connectivity index (χ0n) is 13.2. The molecule has 0 radical (unpaired) electrons. The normalized spacial score (nSPS) is 11.9. The van der Waals surface area contributed by atoms with Crippen LogP contribution in [0.5, 0.6) is 0 Å². The average molecular weight is 290 g/mol. The number of aliphatic hydroxyl groups is 1. The third kappa shape index (κ3) is 3.21. The Morgan fingerprint density at radius 3 is 2.67 bits per heavy atom. The molecule has 0 unspecified atom stereocenters. The SMILES string of the molecule is CCN(CC(C)(C)O)C(=O)c1cnn2c(C)cc(C)nc12. The van der Waals surface area contributed by atoms with Crippen molar-refractivity contribution in [2.24, 2.45) is 0 Å². The molecule has 0 spiro atoms. The zero-order valence-corrected chi connectivity index (χ0v) is 13.2. The monoisotopic (exact) mass is 290 g/mol. The lowest BCUT2D eigenvalue weighted by atomic mass is 10.1. The molecule has 0 bridgehead atoms. The molecule has 2 aromatic heterocycles. The molecule has 0 saturated heterocycles. The van der Waals surface area contributed by atoms with Gasteiger partial charge in [0.15, 0.2) is 5.65 Å². The minimum atomic E-state index is -0.937. The minimum Gasteiger partial charge on any atom is -0.389 e. The van der Waals surface area contributed by atoms with Crippen molar-refractivity contribution in [3.05, 3.63) is 29.2 Å². The summed E-state index contributed by atoms with van der Waals surface area (Å²) in [6.07, 6.45) is 1.55. The highest BCUT2D eigenvalue weighted by Gasteiger charge is 2.25. The molecule has 0 saturated carbocycles. The number of carbonyl (C=O) groups excluding carboxylic acids is 1. The number of likely N-dealkylation sites (N-methyl/N-ethyl adjacent to an activating group) is 1. The summed E-state index contributed by atoms with van der Waals surface area (Å²) in [5.74, 6) is -0.160. The molecule has 0 atom stereocenters. The number of carbonyl (C=O) groups is 1. The Morgan fingerprint density at radius 1 is 1.43 bits per heavy atom. The van der Waals surface area contributed by atoms with E-state index < -0.39 is 5.60 Å². The van der Waals surface area contributed by atoms with Crippen molar-refractivity contribution in [3.8, 4) is 0 Å². The van der Waals surface area contributed by atoms with Crippen molar-refractivity contribution in [2.75, 3.05) is 13.1 Å². The van der Waals surface area contributed by atoms with Gasteiger partial charge in [-0.15, -0.1) is 0 Å². The van der Waals surface area contributed by atoms with Crippen LogP contribution in [0.2, 0.25) is 0 Å². The third-order valence-electron chi connectivity index (χ3n) is 3.26. The number of aryl methyl sites for hydroxylation is 2. The van der Waals surface area contributed by atoms with Crippen molar-refractivity contribution in [1.82, 2.24) is 19.5 Å². The second-order valence-corrected chi connectivity index (χ2v) is 5.96. The molecule has 21 heavy (non-hydrogen) atoms. The van der Waals surface area contributed by atoms with Crippen LogP contribution in [0.15, 0.2) is 12.3 Å². The van der Waals surface area contributed by atoms with E-state index in [4.69, 9.17) is 0 Å². The number of hydrogen-bond donors (Lipinski definition) is 1. The second kappa shape index (κ2) is 5.44. The lowest BCUT2D eigenvalue weighted by Crippen LogP contribution is -2.42. The average Bonchev–Trinajstić information content (AvgIpc) is 2.77. The summed E-state index contributed by atoms with van der Waals surface area (Å²) in [7, 11) is 0. The van der Waals surface area contributed by atoms with Crippen molar-refractivity contribution < 1.29 is 9.90 Å². The highest BCUT2D eigenvalue weighted by Crippen LogP contribution is 2.15. The molecule has 0 aliphatic rings.